The molecule has 1 aliphatic carbocycles. The standard InChI is InChI=1S/C22H27N5O/c28-22-12-20-16-25(15-19(20)11-21(22)27-9-3-7-24-27)13-17-4-1-5-18(10-17)14-26-8-2-6-23-26/h1-10,19-22,28H,11-16H2/t19-,20+,21-,22-/m1/s1. The Balaban J connectivity index is 1.23. The monoisotopic (exact) mass is 377 g/mol. The minimum absolute atomic E-state index is 0.119. The van der Waals surface area contributed by atoms with Gasteiger partial charge in [0.25, 0.3) is 0 Å². The van der Waals surface area contributed by atoms with E-state index < -0.39 is 0 Å². The normalized spacial score (nSPS) is 27.8. The van der Waals surface area contributed by atoms with Crippen molar-refractivity contribution in [2.75, 3.05) is 13.1 Å². The highest BCUT2D eigenvalue weighted by Gasteiger charge is 2.42. The van der Waals surface area contributed by atoms with Gasteiger partial charge in [-0.1, -0.05) is 24.3 Å². The predicted molar refractivity (Wildman–Crippen MR) is 107 cm³/mol. The molecule has 2 aromatic heterocycles. The van der Waals surface area contributed by atoms with Gasteiger partial charge in [0.05, 0.1) is 18.7 Å². The number of hydrogen-bond donors (Lipinski definition) is 1. The van der Waals surface area contributed by atoms with Gasteiger partial charge < -0.3 is 5.11 Å². The Labute approximate surface area is 165 Å². The summed E-state index contributed by atoms with van der Waals surface area (Å²) >= 11 is 0. The van der Waals surface area contributed by atoms with Crippen LogP contribution < -0.4 is 0 Å². The molecule has 6 heteroatoms. The molecule has 1 N–H and O–H groups in total. The maximum atomic E-state index is 10.6. The van der Waals surface area contributed by atoms with Crippen molar-refractivity contribution >= 4 is 0 Å². The van der Waals surface area contributed by atoms with E-state index in [9.17, 15) is 5.11 Å². The first kappa shape index (κ1) is 17.6. The van der Waals surface area contributed by atoms with Gasteiger partial charge in [0.1, 0.15) is 0 Å². The van der Waals surface area contributed by atoms with E-state index in [1.165, 1.54) is 11.1 Å². The highest BCUT2D eigenvalue weighted by molar-refractivity contribution is 5.24. The molecule has 1 saturated carbocycles. The van der Waals surface area contributed by atoms with E-state index in [2.05, 4.69) is 39.4 Å². The first-order valence-corrected chi connectivity index (χ1v) is 10.2. The summed E-state index contributed by atoms with van der Waals surface area (Å²) in [4.78, 5) is 2.56. The number of aliphatic hydroxyl groups is 1. The largest absolute Gasteiger partial charge is 0.391 e. The summed E-state index contributed by atoms with van der Waals surface area (Å²) in [5.41, 5.74) is 2.64. The van der Waals surface area contributed by atoms with Crippen molar-refractivity contribution < 1.29 is 5.11 Å². The van der Waals surface area contributed by atoms with Crippen LogP contribution in [0.1, 0.15) is 30.0 Å². The van der Waals surface area contributed by atoms with Crippen LogP contribution in [0.4, 0.5) is 0 Å². The fourth-order valence-electron chi connectivity index (χ4n) is 5.06. The second-order valence-corrected chi connectivity index (χ2v) is 8.33. The Hall–Kier alpha value is -2.44. The van der Waals surface area contributed by atoms with E-state index in [1.807, 2.05) is 40.1 Å². The quantitative estimate of drug-likeness (QED) is 0.742. The topological polar surface area (TPSA) is 59.1 Å². The summed E-state index contributed by atoms with van der Waals surface area (Å²) < 4.78 is 3.91. The summed E-state index contributed by atoms with van der Waals surface area (Å²) in [5, 5.41) is 19.3. The third-order valence-corrected chi connectivity index (χ3v) is 6.35. The lowest BCUT2D eigenvalue weighted by molar-refractivity contribution is 0.0306. The number of hydrogen-bond acceptors (Lipinski definition) is 4. The van der Waals surface area contributed by atoms with Gasteiger partial charge in [-0.05, 0) is 47.9 Å². The third kappa shape index (κ3) is 3.62. The molecule has 1 saturated heterocycles. The number of likely N-dealkylation sites (tertiary alicyclic amines) is 1. The predicted octanol–water partition coefficient (Wildman–Crippen LogP) is 2.57. The number of aliphatic hydroxyl groups excluding tert-OH is 1. The lowest BCUT2D eigenvalue weighted by Gasteiger charge is -2.35. The Morgan fingerprint density at radius 2 is 1.64 bits per heavy atom. The van der Waals surface area contributed by atoms with Crippen molar-refractivity contribution in [3.8, 4) is 0 Å². The average molecular weight is 377 g/mol. The Kier molecular flexibility index (Phi) is 4.74. The van der Waals surface area contributed by atoms with Crippen LogP contribution in [0.2, 0.25) is 0 Å². The van der Waals surface area contributed by atoms with E-state index in [-0.39, 0.29) is 12.1 Å². The number of aromatic nitrogens is 4. The third-order valence-electron chi connectivity index (χ3n) is 6.35. The van der Waals surface area contributed by atoms with Crippen molar-refractivity contribution in [1.29, 1.82) is 0 Å². The molecule has 2 fully saturated rings. The summed E-state index contributed by atoms with van der Waals surface area (Å²) in [7, 11) is 0. The van der Waals surface area contributed by atoms with E-state index in [4.69, 9.17) is 0 Å². The first-order chi connectivity index (χ1) is 13.7. The van der Waals surface area contributed by atoms with Crippen LogP contribution in [0, 0.1) is 11.8 Å². The Morgan fingerprint density at radius 3 is 2.39 bits per heavy atom. The molecule has 0 radical (unpaired) electrons. The number of rotatable bonds is 5. The highest BCUT2D eigenvalue weighted by Crippen LogP contribution is 2.41. The van der Waals surface area contributed by atoms with Crippen LogP contribution in [0.15, 0.2) is 61.2 Å². The van der Waals surface area contributed by atoms with Gasteiger partial charge in [0.2, 0.25) is 0 Å². The molecule has 0 spiro atoms. The zero-order chi connectivity index (χ0) is 18.9. The van der Waals surface area contributed by atoms with Crippen LogP contribution in [0.3, 0.4) is 0 Å². The van der Waals surface area contributed by atoms with Crippen LogP contribution in [-0.2, 0) is 13.1 Å². The lowest BCUT2D eigenvalue weighted by atomic mass is 9.77. The van der Waals surface area contributed by atoms with Crippen LogP contribution in [0.5, 0.6) is 0 Å². The molecular weight excluding hydrogens is 350 g/mol. The molecule has 3 heterocycles. The Morgan fingerprint density at radius 1 is 0.893 bits per heavy atom. The zero-order valence-electron chi connectivity index (χ0n) is 16.0. The van der Waals surface area contributed by atoms with Gasteiger partial charge in [-0.3, -0.25) is 14.3 Å². The minimum atomic E-state index is -0.293. The lowest BCUT2D eigenvalue weighted by Crippen LogP contribution is -2.36. The molecule has 0 bridgehead atoms. The van der Waals surface area contributed by atoms with Gasteiger partial charge in [0, 0.05) is 44.4 Å². The number of nitrogens with zero attached hydrogens (tertiary/aromatic N) is 5. The summed E-state index contributed by atoms with van der Waals surface area (Å²) in [6.45, 7) is 3.97. The summed E-state index contributed by atoms with van der Waals surface area (Å²) in [6, 6.07) is 12.8. The van der Waals surface area contributed by atoms with Gasteiger partial charge in [-0.15, -0.1) is 0 Å². The van der Waals surface area contributed by atoms with E-state index in [0.717, 1.165) is 39.0 Å². The van der Waals surface area contributed by atoms with Gasteiger partial charge in [0.15, 0.2) is 0 Å². The SMILES string of the molecule is O[C@@H]1C[C@H]2CN(Cc3cccc(Cn4cccn4)c3)C[C@H]2C[C@H]1n1cccn1. The zero-order valence-corrected chi connectivity index (χ0v) is 16.0. The summed E-state index contributed by atoms with van der Waals surface area (Å²) in [6.07, 6.45) is 9.20. The van der Waals surface area contributed by atoms with Gasteiger partial charge >= 0.3 is 0 Å². The minimum Gasteiger partial charge on any atom is -0.391 e. The second kappa shape index (κ2) is 7.53. The Bertz CT molecular complexity index is 892. The molecule has 1 aliphatic heterocycles. The van der Waals surface area contributed by atoms with Crippen molar-refractivity contribution in [2.45, 2.75) is 38.1 Å². The smallest absolute Gasteiger partial charge is 0.0781 e. The van der Waals surface area contributed by atoms with Crippen LogP contribution in [0.25, 0.3) is 0 Å². The fourth-order valence-corrected chi connectivity index (χ4v) is 5.06. The maximum absolute atomic E-state index is 10.6. The average Bonchev–Trinajstić information content (AvgIpc) is 3.43. The van der Waals surface area contributed by atoms with Crippen molar-refractivity contribution in [3.05, 3.63) is 72.3 Å². The maximum Gasteiger partial charge on any atom is 0.0781 e. The number of fused-ring (bicyclic) bond motifs is 1. The molecule has 28 heavy (non-hydrogen) atoms. The molecule has 0 unspecified atom stereocenters. The molecule has 3 aromatic rings. The highest BCUT2D eigenvalue weighted by atomic mass is 16.3. The van der Waals surface area contributed by atoms with E-state index in [0.29, 0.717) is 11.8 Å². The fraction of sp³-hybridized carbons (Fsp3) is 0.455. The number of benzene rings is 1. The molecule has 2 aliphatic rings. The molecule has 5 rings (SSSR count). The molecular formula is C22H27N5O. The summed E-state index contributed by atoms with van der Waals surface area (Å²) in [5.74, 6) is 1.24. The molecule has 146 valence electrons. The second-order valence-electron chi connectivity index (χ2n) is 8.33. The first-order valence-electron chi connectivity index (χ1n) is 10.2. The molecule has 1 aromatic carbocycles. The van der Waals surface area contributed by atoms with E-state index >= 15 is 0 Å². The van der Waals surface area contributed by atoms with Crippen molar-refractivity contribution in [2.24, 2.45) is 11.8 Å². The van der Waals surface area contributed by atoms with Crippen molar-refractivity contribution in [1.82, 2.24) is 24.5 Å². The molecule has 0 amide bonds. The molecule has 4 atom stereocenters. The van der Waals surface area contributed by atoms with Crippen LogP contribution in [-0.4, -0.2) is 48.8 Å². The van der Waals surface area contributed by atoms with Gasteiger partial charge in [-0.25, -0.2) is 0 Å². The van der Waals surface area contributed by atoms with Gasteiger partial charge in [-0.2, -0.15) is 10.2 Å². The van der Waals surface area contributed by atoms with E-state index in [1.54, 1.807) is 6.20 Å². The molecule has 6 nitrogen and oxygen atoms in total. The van der Waals surface area contributed by atoms with Crippen molar-refractivity contribution in [3.63, 3.8) is 0 Å². The van der Waals surface area contributed by atoms with Crippen LogP contribution >= 0.6 is 0 Å².